The van der Waals surface area contributed by atoms with Gasteiger partial charge in [-0.2, -0.15) is 15.4 Å². The Morgan fingerprint density at radius 2 is 2.13 bits per heavy atom. The second kappa shape index (κ2) is 7.33. The van der Waals surface area contributed by atoms with Gasteiger partial charge in [-0.15, -0.1) is 0 Å². The number of benzene rings is 2. The molecule has 2 aromatic carbocycles. The minimum absolute atomic E-state index is 0.0191. The van der Waals surface area contributed by atoms with Crippen molar-refractivity contribution in [2.24, 2.45) is 0 Å². The number of carbonyl (C=O) groups excluding carboxylic acids is 1. The summed E-state index contributed by atoms with van der Waals surface area (Å²) in [7, 11) is 0. The Hall–Kier alpha value is -3.62. The van der Waals surface area contributed by atoms with E-state index in [1.807, 2.05) is 19.1 Å². The molecule has 2 aliphatic heterocycles. The van der Waals surface area contributed by atoms with Gasteiger partial charge in [-0.25, -0.2) is 4.39 Å². The lowest BCUT2D eigenvalue weighted by Gasteiger charge is -2.39. The molecule has 0 bridgehead atoms. The number of carbonyl (C=O) groups is 1. The van der Waals surface area contributed by atoms with Crippen LogP contribution in [0.15, 0.2) is 36.5 Å². The highest BCUT2D eigenvalue weighted by molar-refractivity contribution is 5.96. The van der Waals surface area contributed by atoms with Gasteiger partial charge in [0, 0.05) is 19.0 Å². The van der Waals surface area contributed by atoms with E-state index in [9.17, 15) is 9.18 Å². The summed E-state index contributed by atoms with van der Waals surface area (Å²) < 4.78 is 25.1. The van der Waals surface area contributed by atoms with Crippen molar-refractivity contribution in [3.63, 3.8) is 0 Å². The lowest BCUT2D eigenvalue weighted by molar-refractivity contribution is -0.118. The van der Waals surface area contributed by atoms with Crippen LogP contribution < -0.4 is 19.7 Å². The highest BCUT2D eigenvalue weighted by Crippen LogP contribution is 2.38. The number of hydrogen-bond acceptors (Lipinski definition) is 6. The monoisotopic (exact) mass is 409 g/mol. The average molecular weight is 409 g/mol. The molecule has 30 heavy (non-hydrogen) atoms. The maximum atomic E-state index is 13.8. The van der Waals surface area contributed by atoms with Gasteiger partial charge in [0.25, 0.3) is 5.91 Å². The van der Waals surface area contributed by atoms with Gasteiger partial charge in [-0.1, -0.05) is 6.07 Å². The fraction of sp³-hybridized carbons (Fsp3) is 0.286. The van der Waals surface area contributed by atoms with Crippen molar-refractivity contribution in [1.29, 1.82) is 0 Å². The van der Waals surface area contributed by atoms with Crippen LogP contribution in [0.25, 0.3) is 0 Å². The fourth-order valence-electron chi connectivity index (χ4n) is 3.94. The number of ether oxygens (including phenoxy) is 2. The van der Waals surface area contributed by atoms with E-state index >= 15 is 0 Å². The summed E-state index contributed by atoms with van der Waals surface area (Å²) in [5, 5.41) is 13.6. The number of nitrogens with one attached hydrogen (secondary N) is 2. The molecule has 8 nitrogen and oxygen atoms in total. The van der Waals surface area contributed by atoms with Crippen LogP contribution in [-0.2, 0) is 17.8 Å². The maximum Gasteiger partial charge on any atom is 0.262 e. The highest BCUT2D eigenvalue weighted by Gasteiger charge is 2.30. The molecule has 0 aliphatic carbocycles. The minimum atomic E-state index is -0.339. The largest absolute Gasteiger partial charge is 0.489 e. The molecular weight excluding hydrogens is 389 g/mol. The van der Waals surface area contributed by atoms with Crippen LogP contribution >= 0.6 is 0 Å². The van der Waals surface area contributed by atoms with E-state index in [2.05, 4.69) is 25.6 Å². The average Bonchev–Trinajstić information content (AvgIpc) is 3.25. The summed E-state index contributed by atoms with van der Waals surface area (Å²) in [6.07, 6.45) is 2.31. The standard InChI is InChI=1S/C21H20FN5O3/c1-12-13(2-5-18-21(12)24-20(28)11-30-18)9-27-16(7-15-8-23-26-25-15)10-29-19-6-14(22)3-4-17(19)27/h2-6,8,16H,7,9-11H2,1H3,(H,24,28)(H,23,25,26)/t16-/m0/s1. The SMILES string of the molecule is Cc1c(CN2c3ccc(F)cc3OC[C@@H]2Cc2cn[nH]n2)ccc2c1NC(=O)CO2. The molecule has 2 aliphatic rings. The quantitative estimate of drug-likeness (QED) is 0.688. The molecule has 0 unspecified atom stereocenters. The zero-order chi connectivity index (χ0) is 20.7. The third-order valence-electron chi connectivity index (χ3n) is 5.52. The molecule has 154 valence electrons. The summed E-state index contributed by atoms with van der Waals surface area (Å²) in [6, 6.07) is 8.42. The van der Waals surface area contributed by atoms with Gasteiger partial charge >= 0.3 is 0 Å². The predicted molar refractivity (Wildman–Crippen MR) is 107 cm³/mol. The van der Waals surface area contributed by atoms with Crippen LogP contribution in [0.3, 0.4) is 0 Å². The zero-order valence-electron chi connectivity index (χ0n) is 16.3. The Labute approximate surface area is 172 Å². The normalized spacial score (nSPS) is 17.5. The summed E-state index contributed by atoms with van der Waals surface area (Å²) in [4.78, 5) is 14.0. The first-order chi connectivity index (χ1) is 14.6. The number of nitrogens with zero attached hydrogens (tertiary/aromatic N) is 3. The van der Waals surface area contributed by atoms with Crippen molar-refractivity contribution in [2.75, 3.05) is 23.4 Å². The maximum absolute atomic E-state index is 13.8. The minimum Gasteiger partial charge on any atom is -0.489 e. The van der Waals surface area contributed by atoms with Gasteiger partial charge in [0.05, 0.1) is 29.3 Å². The van der Waals surface area contributed by atoms with Crippen LogP contribution in [0.4, 0.5) is 15.8 Å². The number of rotatable bonds is 4. The molecule has 1 amide bonds. The molecule has 0 radical (unpaired) electrons. The topological polar surface area (TPSA) is 92.4 Å². The Balaban J connectivity index is 1.51. The number of aromatic nitrogens is 3. The Bertz CT molecular complexity index is 1100. The molecule has 2 N–H and O–H groups in total. The van der Waals surface area contributed by atoms with E-state index in [0.717, 1.165) is 22.5 Å². The number of aromatic amines is 1. The highest BCUT2D eigenvalue weighted by atomic mass is 19.1. The Kier molecular flexibility index (Phi) is 4.50. The summed E-state index contributed by atoms with van der Waals surface area (Å²) >= 11 is 0. The molecule has 9 heteroatoms. The van der Waals surface area contributed by atoms with E-state index < -0.39 is 0 Å². The van der Waals surface area contributed by atoms with Crippen molar-refractivity contribution >= 4 is 17.3 Å². The first kappa shape index (κ1) is 18.4. The van der Waals surface area contributed by atoms with E-state index in [4.69, 9.17) is 9.47 Å². The molecule has 0 saturated carbocycles. The van der Waals surface area contributed by atoms with Crippen LogP contribution in [0.2, 0.25) is 0 Å². The Morgan fingerprint density at radius 3 is 2.97 bits per heavy atom. The molecule has 5 rings (SSSR count). The van der Waals surface area contributed by atoms with Crippen LogP contribution in [-0.4, -0.2) is 40.6 Å². The van der Waals surface area contributed by atoms with Crippen LogP contribution in [0, 0.1) is 12.7 Å². The molecular formula is C21H20FN5O3. The van der Waals surface area contributed by atoms with Gasteiger partial charge in [-0.05, 0) is 36.2 Å². The number of anilines is 2. The third kappa shape index (κ3) is 3.32. The molecule has 0 fully saturated rings. The Morgan fingerprint density at radius 1 is 1.23 bits per heavy atom. The lowest BCUT2D eigenvalue weighted by Crippen LogP contribution is -2.44. The van der Waals surface area contributed by atoms with E-state index in [1.165, 1.54) is 12.1 Å². The number of halogens is 1. The molecule has 1 atom stereocenters. The fourth-order valence-corrected chi connectivity index (χ4v) is 3.94. The number of H-pyrrole nitrogens is 1. The second-order valence-corrected chi connectivity index (χ2v) is 7.43. The summed E-state index contributed by atoms with van der Waals surface area (Å²) in [6.45, 7) is 2.93. The van der Waals surface area contributed by atoms with E-state index in [-0.39, 0.29) is 24.4 Å². The van der Waals surface area contributed by atoms with Crippen LogP contribution in [0.1, 0.15) is 16.8 Å². The van der Waals surface area contributed by atoms with Crippen molar-refractivity contribution in [3.05, 3.63) is 59.2 Å². The van der Waals surface area contributed by atoms with Crippen molar-refractivity contribution in [3.8, 4) is 11.5 Å². The van der Waals surface area contributed by atoms with Gasteiger partial charge in [0.2, 0.25) is 0 Å². The van der Waals surface area contributed by atoms with Gasteiger partial charge in [0.15, 0.2) is 6.61 Å². The molecule has 0 spiro atoms. The molecule has 0 saturated heterocycles. The van der Waals surface area contributed by atoms with Gasteiger partial charge in [-0.3, -0.25) is 4.79 Å². The number of hydrogen-bond donors (Lipinski definition) is 2. The first-order valence-electron chi connectivity index (χ1n) is 9.67. The lowest BCUT2D eigenvalue weighted by atomic mass is 10.0. The van der Waals surface area contributed by atoms with Gasteiger partial charge in [0.1, 0.15) is 23.9 Å². The molecule has 1 aromatic heterocycles. The third-order valence-corrected chi connectivity index (χ3v) is 5.52. The van der Waals surface area contributed by atoms with Gasteiger partial charge < -0.3 is 19.7 Å². The van der Waals surface area contributed by atoms with Crippen LogP contribution in [0.5, 0.6) is 11.5 Å². The van der Waals surface area contributed by atoms with Crippen molar-refractivity contribution < 1.29 is 18.7 Å². The zero-order valence-corrected chi connectivity index (χ0v) is 16.3. The second-order valence-electron chi connectivity index (χ2n) is 7.43. The first-order valence-corrected chi connectivity index (χ1v) is 9.67. The van der Waals surface area contributed by atoms with Crippen molar-refractivity contribution in [1.82, 2.24) is 15.4 Å². The van der Waals surface area contributed by atoms with Crippen molar-refractivity contribution in [2.45, 2.75) is 25.9 Å². The predicted octanol–water partition coefficient (Wildman–Crippen LogP) is 2.59. The molecule has 3 heterocycles. The molecule has 3 aromatic rings. The summed E-state index contributed by atoms with van der Waals surface area (Å²) in [5.41, 5.74) is 4.30. The number of amides is 1. The summed E-state index contributed by atoms with van der Waals surface area (Å²) in [5.74, 6) is 0.672. The van der Waals surface area contributed by atoms with E-state index in [1.54, 1.807) is 12.3 Å². The van der Waals surface area contributed by atoms with E-state index in [0.29, 0.717) is 36.8 Å². The smallest absolute Gasteiger partial charge is 0.262 e. The number of fused-ring (bicyclic) bond motifs is 2.